The number of aliphatic carboxylic acids is 1. The van der Waals surface area contributed by atoms with E-state index >= 15 is 0 Å². The van der Waals surface area contributed by atoms with Crippen molar-refractivity contribution in [3.05, 3.63) is 10.0 Å². The fourth-order valence-corrected chi connectivity index (χ4v) is 4.00. The third kappa shape index (κ3) is 8.89. The number of hydrogen-bond acceptors (Lipinski definition) is 10. The zero-order valence-corrected chi connectivity index (χ0v) is 23.3. The molecule has 0 aliphatic rings. The van der Waals surface area contributed by atoms with Crippen LogP contribution >= 0.6 is 22.9 Å². The van der Waals surface area contributed by atoms with E-state index in [-0.39, 0.29) is 26.8 Å². The Labute approximate surface area is 209 Å². The Kier molecular flexibility index (Phi) is 10.1. The number of carbonyl (C=O) groups is 3. The fourth-order valence-electron chi connectivity index (χ4n) is 1.97. The van der Waals surface area contributed by atoms with Crippen molar-refractivity contribution in [2.75, 3.05) is 11.9 Å². The maximum atomic E-state index is 12.2. The van der Waals surface area contributed by atoms with Gasteiger partial charge in [-0.1, -0.05) is 48.9 Å². The molecule has 0 fully saturated rings. The minimum Gasteiger partial charge on any atom is -0.541 e. The number of carboxylic acid groups (broad SMARTS) is 1. The molecule has 0 unspecified atom stereocenters. The Hall–Kier alpha value is -2.16. The van der Waals surface area contributed by atoms with Crippen LogP contribution in [-0.2, 0) is 28.2 Å². The standard InChI is InChI=1S/C19H31BClN3O8SSi/c1-18(2,3)30-17(28)23-16-22-11(13(21)33-16)12(14(25)26)24-32-10(15(27)31-20)9-29-34(7,8)19(4,5)6/h10H,9,20H2,1-8H3,(H,25,26)(H,22,23,28)/b24-12-/t10-/m1/s1. The number of carbonyl (C=O) groups excluding carboxylic acids is 2. The van der Waals surface area contributed by atoms with Gasteiger partial charge in [0.1, 0.15) is 15.6 Å². The van der Waals surface area contributed by atoms with Crippen LogP contribution in [0.4, 0.5) is 9.93 Å². The highest BCUT2D eigenvalue weighted by molar-refractivity contribution is 7.20. The summed E-state index contributed by atoms with van der Waals surface area (Å²) in [5.74, 6) is -2.30. The molecule has 1 aromatic heterocycles. The van der Waals surface area contributed by atoms with E-state index < -0.39 is 43.8 Å². The molecule has 190 valence electrons. The van der Waals surface area contributed by atoms with Gasteiger partial charge in [0.05, 0.1) is 6.61 Å². The first kappa shape index (κ1) is 29.9. The van der Waals surface area contributed by atoms with E-state index in [0.29, 0.717) is 0 Å². The third-order valence-electron chi connectivity index (χ3n) is 4.76. The van der Waals surface area contributed by atoms with Gasteiger partial charge in [-0.25, -0.2) is 19.4 Å². The maximum absolute atomic E-state index is 12.2. The van der Waals surface area contributed by atoms with Gasteiger partial charge in [-0.2, -0.15) is 0 Å². The van der Waals surface area contributed by atoms with Crippen molar-refractivity contribution in [3.8, 4) is 0 Å². The monoisotopic (exact) mass is 535 g/mol. The highest BCUT2D eigenvalue weighted by Gasteiger charge is 2.39. The van der Waals surface area contributed by atoms with Gasteiger partial charge >= 0.3 is 26.1 Å². The Morgan fingerprint density at radius 2 is 1.82 bits per heavy atom. The molecule has 0 aliphatic heterocycles. The zero-order chi connectivity index (χ0) is 26.5. The number of nitrogens with one attached hydrogen (secondary N) is 1. The topological polar surface area (TPSA) is 146 Å². The molecule has 1 aromatic rings. The van der Waals surface area contributed by atoms with Crippen molar-refractivity contribution in [1.82, 2.24) is 4.98 Å². The number of anilines is 1. The van der Waals surface area contributed by atoms with Gasteiger partial charge in [0.25, 0.3) is 0 Å². The summed E-state index contributed by atoms with van der Waals surface area (Å²) in [5, 5.41) is 15.5. The van der Waals surface area contributed by atoms with E-state index in [2.05, 4.69) is 15.5 Å². The predicted octanol–water partition coefficient (Wildman–Crippen LogP) is 3.43. The molecular weight excluding hydrogens is 505 g/mol. The van der Waals surface area contributed by atoms with E-state index in [1.807, 2.05) is 33.9 Å². The number of thiazole rings is 1. The zero-order valence-electron chi connectivity index (χ0n) is 20.8. The minimum atomic E-state index is -2.24. The average molecular weight is 536 g/mol. The summed E-state index contributed by atoms with van der Waals surface area (Å²) in [7, 11) is -1.08. The summed E-state index contributed by atoms with van der Waals surface area (Å²) in [6.45, 7) is 14.9. The van der Waals surface area contributed by atoms with Crippen LogP contribution in [-0.4, -0.2) is 68.5 Å². The molecule has 1 atom stereocenters. The Morgan fingerprint density at radius 3 is 2.29 bits per heavy atom. The molecule has 0 saturated carbocycles. The number of nitrogens with zero attached hydrogens (tertiary/aromatic N) is 2. The van der Waals surface area contributed by atoms with Crippen LogP contribution in [0.15, 0.2) is 5.16 Å². The molecule has 0 spiro atoms. The molecule has 1 amide bonds. The van der Waals surface area contributed by atoms with E-state index in [0.717, 1.165) is 11.3 Å². The van der Waals surface area contributed by atoms with Crippen molar-refractivity contribution in [2.24, 2.45) is 5.16 Å². The number of amides is 1. The molecule has 34 heavy (non-hydrogen) atoms. The SMILES string of the molecule is BOC(=O)[C@@H](CO[Si](C)(C)C(C)(C)C)O/N=C(\C(=O)O)c1nc(NC(=O)OC(C)(C)C)sc1Cl. The largest absolute Gasteiger partial charge is 0.541 e. The first-order valence-corrected chi connectivity index (χ1v) is 14.3. The molecule has 0 bridgehead atoms. The van der Waals surface area contributed by atoms with Gasteiger partial charge in [0.2, 0.25) is 11.8 Å². The first-order chi connectivity index (χ1) is 15.4. The molecule has 0 radical (unpaired) electrons. The number of hydrogen-bond donors (Lipinski definition) is 2. The summed E-state index contributed by atoms with van der Waals surface area (Å²) >= 11 is 6.94. The second kappa shape index (κ2) is 11.5. The molecular formula is C19H31BClN3O8SSi. The minimum absolute atomic E-state index is 0.00558. The van der Waals surface area contributed by atoms with Crippen molar-refractivity contribution in [3.63, 3.8) is 0 Å². The summed E-state index contributed by atoms with van der Waals surface area (Å²) in [5.41, 5.74) is -1.66. The van der Waals surface area contributed by atoms with E-state index in [1.165, 1.54) is 8.05 Å². The normalized spacial score (nSPS) is 13.7. The van der Waals surface area contributed by atoms with Crippen LogP contribution in [0.25, 0.3) is 0 Å². The van der Waals surface area contributed by atoms with Gasteiger partial charge in [-0.15, -0.1) is 0 Å². The molecule has 15 heteroatoms. The van der Waals surface area contributed by atoms with Crippen molar-refractivity contribution in [1.29, 1.82) is 0 Å². The lowest BCUT2D eigenvalue weighted by atomic mass is 10.2. The second-order valence-electron chi connectivity index (χ2n) is 9.70. The van der Waals surface area contributed by atoms with Gasteiger partial charge in [0.15, 0.2) is 13.4 Å². The Morgan fingerprint density at radius 1 is 1.24 bits per heavy atom. The average Bonchev–Trinajstić information content (AvgIpc) is 3.00. The number of halogens is 1. The molecule has 1 rings (SSSR count). The van der Waals surface area contributed by atoms with Crippen molar-refractivity contribution >= 4 is 68.2 Å². The van der Waals surface area contributed by atoms with Gasteiger partial charge in [0, 0.05) is 0 Å². The molecule has 0 saturated heterocycles. The van der Waals surface area contributed by atoms with E-state index in [9.17, 15) is 19.5 Å². The lowest BCUT2D eigenvalue weighted by molar-refractivity contribution is -0.149. The highest BCUT2D eigenvalue weighted by Crippen LogP contribution is 2.36. The quantitative estimate of drug-likeness (QED) is 0.276. The van der Waals surface area contributed by atoms with E-state index in [4.69, 9.17) is 30.3 Å². The number of aromatic nitrogens is 1. The molecule has 11 nitrogen and oxygen atoms in total. The second-order valence-corrected chi connectivity index (χ2v) is 16.1. The summed E-state index contributed by atoms with van der Waals surface area (Å²) in [4.78, 5) is 45.2. The van der Waals surface area contributed by atoms with Crippen molar-refractivity contribution < 1.29 is 38.1 Å². The van der Waals surface area contributed by atoms with E-state index in [1.54, 1.807) is 20.8 Å². The van der Waals surface area contributed by atoms with Gasteiger partial charge in [-0.05, 0) is 38.9 Å². The van der Waals surface area contributed by atoms with Crippen LogP contribution in [0.2, 0.25) is 22.5 Å². The number of ether oxygens (including phenoxy) is 1. The highest BCUT2D eigenvalue weighted by atomic mass is 35.5. The van der Waals surface area contributed by atoms with Gasteiger partial charge in [-0.3, -0.25) is 5.32 Å². The number of carboxylic acids is 1. The van der Waals surface area contributed by atoms with Gasteiger partial charge < -0.3 is 23.8 Å². The summed E-state index contributed by atoms with van der Waals surface area (Å²) in [6, 6.07) is 0. The maximum Gasteiger partial charge on any atom is 0.413 e. The lowest BCUT2D eigenvalue weighted by Gasteiger charge is -2.36. The predicted molar refractivity (Wildman–Crippen MR) is 134 cm³/mol. The third-order valence-corrected chi connectivity index (χ3v) is 10.4. The summed E-state index contributed by atoms with van der Waals surface area (Å²) in [6.07, 6.45) is -2.10. The van der Waals surface area contributed by atoms with Crippen LogP contribution in [0.1, 0.15) is 47.2 Å². The van der Waals surface area contributed by atoms with Crippen LogP contribution in [0.5, 0.6) is 0 Å². The first-order valence-electron chi connectivity index (χ1n) is 10.2. The van der Waals surface area contributed by atoms with Crippen LogP contribution in [0.3, 0.4) is 0 Å². The number of oxime groups is 1. The molecule has 2 N–H and O–H groups in total. The molecule has 0 aliphatic carbocycles. The Balaban J connectivity index is 3.12. The van der Waals surface area contributed by atoms with Crippen LogP contribution < -0.4 is 5.32 Å². The molecule has 1 heterocycles. The Bertz CT molecular complexity index is 943. The molecule has 0 aromatic carbocycles. The fraction of sp³-hybridized carbons (Fsp3) is 0.632. The van der Waals surface area contributed by atoms with Crippen molar-refractivity contribution in [2.45, 2.75) is 71.4 Å². The number of rotatable bonds is 9. The van der Waals surface area contributed by atoms with Crippen LogP contribution in [0, 0.1) is 0 Å². The lowest BCUT2D eigenvalue weighted by Crippen LogP contribution is -2.44. The smallest absolute Gasteiger partial charge is 0.413 e. The summed E-state index contributed by atoms with van der Waals surface area (Å²) < 4.78 is 15.8.